The number of rotatable bonds is 4. The topological polar surface area (TPSA) is 60.5 Å². The van der Waals surface area contributed by atoms with Gasteiger partial charge in [-0.05, 0) is 18.6 Å². The molecule has 0 fully saturated rings. The number of aryl methyl sites for hydroxylation is 1. The molecule has 2 rings (SSSR count). The van der Waals surface area contributed by atoms with Crippen LogP contribution < -0.4 is 10.1 Å². The van der Waals surface area contributed by atoms with E-state index < -0.39 is 0 Å². The zero-order valence-corrected chi connectivity index (χ0v) is 11.7. The molecule has 1 aromatic carbocycles. The molecule has 1 N–H and O–H groups in total. The lowest BCUT2D eigenvalue weighted by molar-refractivity contribution is 0.0606. The van der Waals surface area contributed by atoms with Crippen molar-refractivity contribution in [2.45, 2.75) is 6.92 Å². The quantitative estimate of drug-likeness (QED) is 0.871. The molecule has 0 aliphatic carbocycles. The van der Waals surface area contributed by atoms with E-state index in [2.05, 4.69) is 15.0 Å². The molecule has 0 amide bonds. The lowest BCUT2D eigenvalue weighted by Gasteiger charge is -2.08. The molecule has 0 aliphatic rings. The minimum atomic E-state index is -0.382. The van der Waals surface area contributed by atoms with E-state index in [9.17, 15) is 4.79 Å². The molecule has 2 aromatic rings. The van der Waals surface area contributed by atoms with Gasteiger partial charge in [-0.2, -0.15) is 0 Å². The van der Waals surface area contributed by atoms with Crippen molar-refractivity contribution >= 4 is 28.1 Å². The number of methoxy groups -OCH3 is 2. The van der Waals surface area contributed by atoms with E-state index in [0.29, 0.717) is 10.0 Å². The van der Waals surface area contributed by atoms with Crippen molar-refractivity contribution in [2.75, 3.05) is 19.5 Å². The van der Waals surface area contributed by atoms with Crippen molar-refractivity contribution in [3.8, 4) is 5.75 Å². The predicted molar refractivity (Wildman–Crippen MR) is 74.5 cm³/mol. The van der Waals surface area contributed by atoms with Gasteiger partial charge in [0, 0.05) is 11.8 Å². The Bertz CT molecular complexity index is 595. The average Bonchev–Trinajstić information content (AvgIpc) is 2.89. The molecule has 0 aliphatic heterocycles. The first-order valence-corrected chi connectivity index (χ1v) is 6.41. The molecule has 0 bridgehead atoms. The molecule has 0 radical (unpaired) electrons. The minimum absolute atomic E-state index is 0.382. The number of carbonyl (C=O) groups excluding carboxylic acids is 1. The summed E-state index contributed by atoms with van der Waals surface area (Å²) < 4.78 is 9.82. The third-order valence-corrected chi connectivity index (χ3v) is 3.47. The maximum Gasteiger partial charge on any atom is 0.349 e. The van der Waals surface area contributed by atoms with Gasteiger partial charge in [-0.25, -0.2) is 9.78 Å². The fourth-order valence-corrected chi connectivity index (χ4v) is 2.25. The van der Waals surface area contributed by atoms with Gasteiger partial charge >= 0.3 is 5.97 Å². The molecule has 5 nitrogen and oxygen atoms in total. The van der Waals surface area contributed by atoms with Crippen LogP contribution in [0.25, 0.3) is 0 Å². The third kappa shape index (κ3) is 3.03. The van der Waals surface area contributed by atoms with E-state index in [1.54, 1.807) is 7.11 Å². The van der Waals surface area contributed by atoms with Gasteiger partial charge in [0.25, 0.3) is 0 Å². The molecule has 19 heavy (non-hydrogen) atoms. The number of thiazole rings is 1. The number of hydrogen-bond donors (Lipinski definition) is 1. The van der Waals surface area contributed by atoms with E-state index in [-0.39, 0.29) is 5.97 Å². The Morgan fingerprint density at radius 2 is 2.16 bits per heavy atom. The van der Waals surface area contributed by atoms with Gasteiger partial charge in [0.2, 0.25) is 0 Å². The highest BCUT2D eigenvalue weighted by Gasteiger charge is 2.11. The molecule has 0 saturated carbocycles. The number of benzene rings is 1. The number of esters is 1. The summed E-state index contributed by atoms with van der Waals surface area (Å²) in [6, 6.07) is 5.73. The first kappa shape index (κ1) is 13.4. The van der Waals surface area contributed by atoms with Gasteiger partial charge in [0.15, 0.2) is 5.13 Å². The molecule has 0 atom stereocenters. The van der Waals surface area contributed by atoms with Gasteiger partial charge in [-0.1, -0.05) is 17.4 Å². The molecule has 0 spiro atoms. The molecule has 1 aromatic heterocycles. The molecular formula is C13H14N2O3S. The summed E-state index contributed by atoms with van der Waals surface area (Å²) in [7, 11) is 2.97. The number of nitrogens with one attached hydrogen (secondary N) is 1. The Hall–Kier alpha value is -2.08. The first-order chi connectivity index (χ1) is 9.13. The number of aromatic nitrogens is 1. The van der Waals surface area contributed by atoms with Crippen molar-refractivity contribution < 1.29 is 14.3 Å². The standard InChI is InChI=1S/C13H14N2O3S/c1-8-4-5-9(17-2)6-10(8)15-13-14-7-11(19-13)12(16)18-3/h4-7H,1-3H3,(H,14,15). The summed E-state index contributed by atoms with van der Waals surface area (Å²) in [4.78, 5) is 16.0. The number of hydrogen-bond acceptors (Lipinski definition) is 6. The Kier molecular flexibility index (Phi) is 4.01. The van der Waals surface area contributed by atoms with Crippen LogP contribution in [0.1, 0.15) is 15.2 Å². The molecule has 100 valence electrons. The number of carbonyl (C=O) groups is 1. The van der Waals surface area contributed by atoms with Gasteiger partial charge in [0.1, 0.15) is 10.6 Å². The minimum Gasteiger partial charge on any atom is -0.497 e. The third-order valence-electron chi connectivity index (χ3n) is 2.58. The number of anilines is 2. The number of nitrogens with zero attached hydrogens (tertiary/aromatic N) is 1. The van der Waals surface area contributed by atoms with Crippen LogP contribution in [0.4, 0.5) is 10.8 Å². The SMILES string of the molecule is COC(=O)c1cnc(Nc2cc(OC)ccc2C)s1. The summed E-state index contributed by atoms with van der Waals surface area (Å²) in [6.45, 7) is 1.98. The second-order valence-electron chi connectivity index (χ2n) is 3.83. The highest BCUT2D eigenvalue weighted by atomic mass is 32.1. The van der Waals surface area contributed by atoms with Crippen LogP contribution in [0.5, 0.6) is 5.75 Å². The Labute approximate surface area is 115 Å². The highest BCUT2D eigenvalue weighted by molar-refractivity contribution is 7.17. The van der Waals surface area contributed by atoms with Gasteiger partial charge in [-0.3, -0.25) is 0 Å². The summed E-state index contributed by atoms with van der Waals surface area (Å²) in [5.41, 5.74) is 1.96. The van der Waals surface area contributed by atoms with E-state index >= 15 is 0 Å². The van der Waals surface area contributed by atoms with Gasteiger partial charge in [0.05, 0.1) is 20.4 Å². The van der Waals surface area contributed by atoms with Crippen LogP contribution in [-0.4, -0.2) is 25.2 Å². The van der Waals surface area contributed by atoms with Crippen LogP contribution in [0.2, 0.25) is 0 Å². The normalized spacial score (nSPS) is 10.1. The van der Waals surface area contributed by atoms with Crippen molar-refractivity contribution in [1.29, 1.82) is 0 Å². The van der Waals surface area contributed by atoms with Crippen LogP contribution >= 0.6 is 11.3 Å². The summed E-state index contributed by atoms with van der Waals surface area (Å²) >= 11 is 1.24. The number of ether oxygens (including phenoxy) is 2. The lowest BCUT2D eigenvalue weighted by atomic mass is 10.2. The average molecular weight is 278 g/mol. The molecule has 1 heterocycles. The molecule has 6 heteroatoms. The van der Waals surface area contributed by atoms with Crippen molar-refractivity contribution in [1.82, 2.24) is 4.98 Å². The van der Waals surface area contributed by atoms with Crippen LogP contribution in [0, 0.1) is 6.92 Å². The monoisotopic (exact) mass is 278 g/mol. The Morgan fingerprint density at radius 3 is 2.84 bits per heavy atom. The zero-order chi connectivity index (χ0) is 13.8. The summed E-state index contributed by atoms with van der Waals surface area (Å²) in [5.74, 6) is 0.380. The first-order valence-electron chi connectivity index (χ1n) is 5.60. The van der Waals surface area contributed by atoms with Crippen LogP contribution in [-0.2, 0) is 4.74 Å². The Morgan fingerprint density at radius 1 is 1.37 bits per heavy atom. The van der Waals surface area contributed by atoms with Gasteiger partial charge < -0.3 is 14.8 Å². The van der Waals surface area contributed by atoms with Crippen LogP contribution in [0.15, 0.2) is 24.4 Å². The highest BCUT2D eigenvalue weighted by Crippen LogP contribution is 2.27. The molecular weight excluding hydrogens is 264 g/mol. The van der Waals surface area contributed by atoms with Gasteiger partial charge in [-0.15, -0.1) is 0 Å². The molecule has 0 saturated heterocycles. The predicted octanol–water partition coefficient (Wildman–Crippen LogP) is 2.99. The van der Waals surface area contributed by atoms with E-state index in [1.807, 2.05) is 25.1 Å². The van der Waals surface area contributed by atoms with E-state index in [0.717, 1.165) is 17.0 Å². The zero-order valence-electron chi connectivity index (χ0n) is 10.9. The smallest absolute Gasteiger partial charge is 0.349 e. The second kappa shape index (κ2) is 5.71. The fraction of sp³-hybridized carbons (Fsp3) is 0.231. The Balaban J connectivity index is 2.21. The van der Waals surface area contributed by atoms with E-state index in [1.165, 1.54) is 24.6 Å². The summed E-state index contributed by atoms with van der Waals surface area (Å²) in [6.07, 6.45) is 1.49. The lowest BCUT2D eigenvalue weighted by Crippen LogP contribution is -1.96. The van der Waals surface area contributed by atoms with Crippen LogP contribution in [0.3, 0.4) is 0 Å². The van der Waals surface area contributed by atoms with Crippen molar-refractivity contribution in [2.24, 2.45) is 0 Å². The fourth-order valence-electron chi connectivity index (χ4n) is 1.50. The summed E-state index contributed by atoms with van der Waals surface area (Å²) in [5, 5.41) is 3.80. The van der Waals surface area contributed by atoms with Crippen molar-refractivity contribution in [3.05, 3.63) is 34.8 Å². The molecule has 0 unspecified atom stereocenters. The second-order valence-corrected chi connectivity index (χ2v) is 4.86. The maximum atomic E-state index is 11.3. The van der Waals surface area contributed by atoms with E-state index in [4.69, 9.17) is 4.74 Å². The largest absolute Gasteiger partial charge is 0.497 e. The maximum absolute atomic E-state index is 11.3. The van der Waals surface area contributed by atoms with Crippen molar-refractivity contribution in [3.63, 3.8) is 0 Å².